The van der Waals surface area contributed by atoms with E-state index in [1.54, 1.807) is 10.9 Å². The Morgan fingerprint density at radius 1 is 1.43 bits per heavy atom. The fourth-order valence-corrected chi connectivity index (χ4v) is 2.67. The molecule has 1 aromatic carbocycles. The zero-order chi connectivity index (χ0) is 16.2. The number of rotatable bonds is 5. The molecule has 0 bridgehead atoms. The SMILES string of the molecule is Cc1ccc([C@@H](C)n2cc(C(=O)NC[C@H]3CCCO3)nn2)cc1. The number of aryl methyl sites for hydroxylation is 1. The van der Waals surface area contributed by atoms with Crippen LogP contribution in [0, 0.1) is 6.92 Å². The van der Waals surface area contributed by atoms with Crippen LogP contribution in [0.2, 0.25) is 0 Å². The summed E-state index contributed by atoms with van der Waals surface area (Å²) in [5.41, 5.74) is 2.68. The number of amides is 1. The maximum absolute atomic E-state index is 12.1. The molecule has 0 spiro atoms. The van der Waals surface area contributed by atoms with Gasteiger partial charge in [-0.3, -0.25) is 4.79 Å². The summed E-state index contributed by atoms with van der Waals surface area (Å²) in [5, 5.41) is 10.9. The standard InChI is InChI=1S/C17H22N4O2/c1-12-5-7-14(8-6-12)13(2)21-11-16(19-20-21)17(22)18-10-15-4-3-9-23-15/h5-8,11,13,15H,3-4,9-10H2,1-2H3,(H,18,22)/t13-,15-/m1/s1. The summed E-state index contributed by atoms with van der Waals surface area (Å²) in [5.74, 6) is -0.206. The second-order valence-corrected chi connectivity index (χ2v) is 6.02. The molecule has 1 aromatic heterocycles. The van der Waals surface area contributed by atoms with Crippen LogP contribution in [0.4, 0.5) is 0 Å². The molecule has 122 valence electrons. The largest absolute Gasteiger partial charge is 0.376 e. The van der Waals surface area contributed by atoms with E-state index in [1.807, 2.05) is 6.92 Å². The van der Waals surface area contributed by atoms with E-state index in [2.05, 4.69) is 46.8 Å². The van der Waals surface area contributed by atoms with Crippen LogP contribution in [0.1, 0.15) is 47.4 Å². The summed E-state index contributed by atoms with van der Waals surface area (Å²) >= 11 is 0. The molecule has 0 unspecified atom stereocenters. The Morgan fingerprint density at radius 2 is 2.22 bits per heavy atom. The lowest BCUT2D eigenvalue weighted by Gasteiger charge is -2.11. The molecule has 1 fully saturated rings. The number of ether oxygens (including phenoxy) is 1. The minimum atomic E-state index is -0.206. The second kappa shape index (κ2) is 6.91. The fourth-order valence-electron chi connectivity index (χ4n) is 2.67. The lowest BCUT2D eigenvalue weighted by Crippen LogP contribution is -2.32. The van der Waals surface area contributed by atoms with Crippen LogP contribution in [0.15, 0.2) is 30.5 Å². The maximum Gasteiger partial charge on any atom is 0.273 e. The molecule has 6 heteroatoms. The number of nitrogens with one attached hydrogen (secondary N) is 1. The summed E-state index contributed by atoms with van der Waals surface area (Å²) in [6.07, 6.45) is 3.87. The van der Waals surface area contributed by atoms with Gasteiger partial charge in [-0.25, -0.2) is 4.68 Å². The lowest BCUT2D eigenvalue weighted by molar-refractivity contribution is 0.0853. The van der Waals surface area contributed by atoms with Crippen LogP contribution in [0.5, 0.6) is 0 Å². The van der Waals surface area contributed by atoms with Crippen molar-refractivity contribution in [2.75, 3.05) is 13.2 Å². The quantitative estimate of drug-likeness (QED) is 0.917. The van der Waals surface area contributed by atoms with Crippen molar-refractivity contribution in [1.82, 2.24) is 20.3 Å². The Morgan fingerprint density at radius 3 is 2.91 bits per heavy atom. The van der Waals surface area contributed by atoms with Gasteiger partial charge in [-0.2, -0.15) is 0 Å². The Labute approximate surface area is 135 Å². The van der Waals surface area contributed by atoms with Crippen molar-refractivity contribution in [3.05, 3.63) is 47.3 Å². The maximum atomic E-state index is 12.1. The Bertz CT molecular complexity index is 659. The lowest BCUT2D eigenvalue weighted by atomic mass is 10.1. The van der Waals surface area contributed by atoms with Gasteiger partial charge in [0.1, 0.15) is 0 Å². The second-order valence-electron chi connectivity index (χ2n) is 6.02. The number of hydrogen-bond acceptors (Lipinski definition) is 4. The highest BCUT2D eigenvalue weighted by molar-refractivity contribution is 5.91. The first kappa shape index (κ1) is 15.7. The van der Waals surface area contributed by atoms with E-state index < -0.39 is 0 Å². The van der Waals surface area contributed by atoms with E-state index in [4.69, 9.17) is 4.74 Å². The first-order chi connectivity index (χ1) is 11.1. The highest BCUT2D eigenvalue weighted by atomic mass is 16.5. The predicted molar refractivity (Wildman–Crippen MR) is 86.3 cm³/mol. The summed E-state index contributed by atoms with van der Waals surface area (Å²) in [6.45, 7) is 5.40. The third-order valence-corrected chi connectivity index (χ3v) is 4.21. The van der Waals surface area contributed by atoms with E-state index >= 15 is 0 Å². The molecule has 3 rings (SSSR count). The van der Waals surface area contributed by atoms with Crippen molar-refractivity contribution in [1.29, 1.82) is 0 Å². The van der Waals surface area contributed by atoms with Gasteiger partial charge in [0, 0.05) is 13.2 Å². The van der Waals surface area contributed by atoms with Crippen molar-refractivity contribution in [3.63, 3.8) is 0 Å². The van der Waals surface area contributed by atoms with E-state index in [0.717, 1.165) is 25.0 Å². The zero-order valence-corrected chi connectivity index (χ0v) is 13.5. The van der Waals surface area contributed by atoms with Gasteiger partial charge < -0.3 is 10.1 Å². The number of benzene rings is 1. The molecule has 2 atom stereocenters. The number of hydrogen-bond donors (Lipinski definition) is 1. The van der Waals surface area contributed by atoms with Gasteiger partial charge in [0.15, 0.2) is 5.69 Å². The minimum Gasteiger partial charge on any atom is -0.376 e. The fraction of sp³-hybridized carbons (Fsp3) is 0.471. The molecule has 0 saturated carbocycles. The topological polar surface area (TPSA) is 69.0 Å². The van der Waals surface area contributed by atoms with Crippen LogP contribution < -0.4 is 5.32 Å². The van der Waals surface area contributed by atoms with Gasteiger partial charge in [-0.05, 0) is 32.3 Å². The third kappa shape index (κ3) is 3.76. The van der Waals surface area contributed by atoms with Gasteiger partial charge in [0.2, 0.25) is 0 Å². The Kier molecular flexibility index (Phi) is 4.71. The van der Waals surface area contributed by atoms with Gasteiger partial charge in [0.25, 0.3) is 5.91 Å². The number of aromatic nitrogens is 3. The van der Waals surface area contributed by atoms with Crippen molar-refractivity contribution in [2.24, 2.45) is 0 Å². The zero-order valence-electron chi connectivity index (χ0n) is 13.5. The summed E-state index contributed by atoms with van der Waals surface area (Å²) in [4.78, 5) is 12.1. The minimum absolute atomic E-state index is 0.0304. The molecule has 2 heterocycles. The van der Waals surface area contributed by atoms with Crippen LogP contribution in [0.25, 0.3) is 0 Å². The summed E-state index contributed by atoms with van der Waals surface area (Å²) in [6, 6.07) is 8.30. The molecule has 1 aliphatic rings. The summed E-state index contributed by atoms with van der Waals surface area (Å²) < 4.78 is 7.21. The number of nitrogens with zero attached hydrogens (tertiary/aromatic N) is 3. The molecule has 0 radical (unpaired) electrons. The molecular weight excluding hydrogens is 292 g/mol. The molecule has 1 amide bonds. The summed E-state index contributed by atoms with van der Waals surface area (Å²) in [7, 11) is 0. The molecule has 1 aliphatic heterocycles. The van der Waals surface area contributed by atoms with Crippen molar-refractivity contribution < 1.29 is 9.53 Å². The van der Waals surface area contributed by atoms with Gasteiger partial charge >= 0.3 is 0 Å². The molecule has 23 heavy (non-hydrogen) atoms. The molecule has 1 saturated heterocycles. The molecular formula is C17H22N4O2. The van der Waals surface area contributed by atoms with Crippen molar-refractivity contribution in [3.8, 4) is 0 Å². The first-order valence-corrected chi connectivity index (χ1v) is 8.01. The Hall–Kier alpha value is -2.21. The van der Waals surface area contributed by atoms with Gasteiger partial charge in [-0.15, -0.1) is 5.10 Å². The monoisotopic (exact) mass is 314 g/mol. The van der Waals surface area contributed by atoms with Crippen molar-refractivity contribution in [2.45, 2.75) is 38.8 Å². The van der Waals surface area contributed by atoms with E-state index in [1.165, 1.54) is 5.56 Å². The number of carbonyl (C=O) groups excluding carboxylic acids is 1. The predicted octanol–water partition coefficient (Wildman–Crippen LogP) is 2.10. The van der Waals surface area contributed by atoms with Crippen LogP contribution >= 0.6 is 0 Å². The Balaban J connectivity index is 1.62. The van der Waals surface area contributed by atoms with Crippen molar-refractivity contribution >= 4 is 5.91 Å². The van der Waals surface area contributed by atoms with Crippen LogP contribution in [-0.2, 0) is 4.74 Å². The highest BCUT2D eigenvalue weighted by Gasteiger charge is 2.19. The van der Waals surface area contributed by atoms with Gasteiger partial charge in [-0.1, -0.05) is 35.0 Å². The van der Waals surface area contributed by atoms with Crippen LogP contribution in [-0.4, -0.2) is 40.2 Å². The van der Waals surface area contributed by atoms with Crippen LogP contribution in [0.3, 0.4) is 0 Å². The molecule has 1 N–H and O–H groups in total. The normalized spacial score (nSPS) is 18.8. The molecule has 0 aliphatic carbocycles. The number of carbonyl (C=O) groups is 1. The van der Waals surface area contributed by atoms with E-state index in [-0.39, 0.29) is 18.1 Å². The first-order valence-electron chi connectivity index (χ1n) is 8.01. The van der Waals surface area contributed by atoms with E-state index in [9.17, 15) is 4.79 Å². The molecule has 6 nitrogen and oxygen atoms in total. The van der Waals surface area contributed by atoms with Gasteiger partial charge in [0.05, 0.1) is 18.3 Å². The molecule has 2 aromatic rings. The van der Waals surface area contributed by atoms with E-state index in [0.29, 0.717) is 12.2 Å². The average molecular weight is 314 g/mol. The highest BCUT2D eigenvalue weighted by Crippen LogP contribution is 2.17. The smallest absolute Gasteiger partial charge is 0.273 e. The average Bonchev–Trinajstić information content (AvgIpc) is 3.24. The third-order valence-electron chi connectivity index (χ3n) is 4.21.